The summed E-state index contributed by atoms with van der Waals surface area (Å²) >= 11 is 0. The topological polar surface area (TPSA) is 177 Å². The zero-order valence-electron chi connectivity index (χ0n) is 38.3. The fraction of sp³-hybridized carbons (Fsp3) is 0.896. The molecule has 1 aliphatic carbocycles. The zero-order valence-corrected chi connectivity index (χ0v) is 39.1. The molecule has 0 aromatic heterocycles. The fourth-order valence-corrected chi connectivity index (χ4v) is 8.50. The first-order valence-corrected chi connectivity index (χ1v) is 26.0. The molecule has 1 saturated carbocycles. The lowest BCUT2D eigenvalue weighted by Crippen LogP contribution is -2.29. The number of aliphatic hydroxyl groups excluding tert-OH is 2. The van der Waals surface area contributed by atoms with Gasteiger partial charge in [-0.15, -0.1) is 0 Å². The second-order valence-electron chi connectivity index (χ2n) is 17.8. The van der Waals surface area contributed by atoms with Crippen molar-refractivity contribution in [1.82, 2.24) is 0 Å². The van der Waals surface area contributed by atoms with Gasteiger partial charge in [-0.1, -0.05) is 193 Å². The van der Waals surface area contributed by atoms with Gasteiger partial charge in [0.1, 0.15) is 12.4 Å². The van der Waals surface area contributed by atoms with Gasteiger partial charge >= 0.3 is 19.8 Å². The summed E-state index contributed by atoms with van der Waals surface area (Å²) in [6, 6.07) is 0. The minimum absolute atomic E-state index is 0.00310. The van der Waals surface area contributed by atoms with Gasteiger partial charge in [-0.3, -0.25) is 18.9 Å². The van der Waals surface area contributed by atoms with Crippen LogP contribution >= 0.6 is 7.82 Å². The first kappa shape index (κ1) is 56.4. The van der Waals surface area contributed by atoms with Gasteiger partial charge in [0.2, 0.25) is 0 Å². The van der Waals surface area contributed by atoms with Crippen LogP contribution in [0.15, 0.2) is 12.2 Å². The molecule has 12 heteroatoms. The Bertz CT molecular complexity index is 1160. The van der Waals surface area contributed by atoms with Crippen LogP contribution in [0, 0.1) is 17.8 Å². The normalized spacial score (nSPS) is 18.6. The van der Waals surface area contributed by atoms with E-state index in [0.29, 0.717) is 25.7 Å². The van der Waals surface area contributed by atoms with Crippen LogP contribution in [0.4, 0.5) is 0 Å². The van der Waals surface area contributed by atoms with E-state index in [2.05, 4.69) is 25.3 Å². The average Bonchev–Trinajstić information content (AvgIpc) is 3.48. The number of ether oxygens (including phenoxy) is 2. The van der Waals surface area contributed by atoms with Gasteiger partial charge in [-0.05, 0) is 37.5 Å². The van der Waals surface area contributed by atoms with Crippen molar-refractivity contribution >= 4 is 25.5 Å². The standard InChI is InChI=1S/C48H89O11P/c1-4-6-25-31-41(49)35-36-44-43(45(50)37-46(44)51)32-27-23-24-28-33-47(52)57-38-42(39-58-60(54,55)56)59-48(53)34-29-22-20-18-16-14-12-10-8-7-9-11-13-15-17-19-21-26-30-40(3)5-2/h35-36,40-45,49-50H,4-34,37-39H2,1-3H3,(H2,54,55,56)/b36-35+/t40?,41-,42+,43+,44+,45-/m0/s1. The average molecular weight is 873 g/mol. The van der Waals surface area contributed by atoms with Crippen LogP contribution in [-0.2, 0) is 32.9 Å². The molecule has 0 radical (unpaired) electrons. The first-order valence-electron chi connectivity index (χ1n) is 24.5. The van der Waals surface area contributed by atoms with E-state index < -0.39 is 44.7 Å². The van der Waals surface area contributed by atoms with E-state index in [1.54, 1.807) is 12.2 Å². The van der Waals surface area contributed by atoms with Crippen molar-refractivity contribution in [3.8, 4) is 0 Å². The number of phosphoric acid groups is 1. The minimum Gasteiger partial charge on any atom is -0.462 e. The summed E-state index contributed by atoms with van der Waals surface area (Å²) in [7, 11) is -4.81. The molecule has 1 rings (SSSR count). The number of carbonyl (C=O) groups is 3. The molecule has 0 amide bonds. The van der Waals surface area contributed by atoms with Crippen molar-refractivity contribution in [2.75, 3.05) is 13.2 Å². The highest BCUT2D eigenvalue weighted by atomic mass is 31.2. The lowest BCUT2D eigenvalue weighted by molar-refractivity contribution is -0.161. The highest BCUT2D eigenvalue weighted by Gasteiger charge is 2.39. The summed E-state index contributed by atoms with van der Waals surface area (Å²) in [5.41, 5.74) is 0. The van der Waals surface area contributed by atoms with E-state index in [-0.39, 0.29) is 43.5 Å². The monoisotopic (exact) mass is 873 g/mol. The molecule has 1 fully saturated rings. The number of carbonyl (C=O) groups excluding carboxylic acids is 3. The number of Topliss-reactive ketones (excluding diaryl/α,β-unsaturated/α-hetero) is 1. The third-order valence-electron chi connectivity index (χ3n) is 12.2. The number of unbranched alkanes of at least 4 members (excludes halogenated alkanes) is 22. The van der Waals surface area contributed by atoms with Crippen LogP contribution in [0.1, 0.15) is 226 Å². The maximum absolute atomic E-state index is 12.5. The van der Waals surface area contributed by atoms with E-state index in [1.165, 1.54) is 103 Å². The molecule has 0 bridgehead atoms. The van der Waals surface area contributed by atoms with Crippen molar-refractivity contribution in [3.05, 3.63) is 12.2 Å². The molecule has 11 nitrogen and oxygen atoms in total. The molecule has 6 atom stereocenters. The van der Waals surface area contributed by atoms with E-state index in [1.807, 2.05) is 0 Å². The van der Waals surface area contributed by atoms with Crippen molar-refractivity contribution in [1.29, 1.82) is 0 Å². The lowest BCUT2D eigenvalue weighted by Gasteiger charge is -2.19. The molecule has 60 heavy (non-hydrogen) atoms. The third kappa shape index (κ3) is 32.1. The summed E-state index contributed by atoms with van der Waals surface area (Å²) in [6.45, 7) is 5.80. The van der Waals surface area contributed by atoms with Crippen LogP contribution in [-0.4, -0.2) is 69.2 Å². The van der Waals surface area contributed by atoms with Gasteiger partial charge < -0.3 is 29.5 Å². The molecule has 0 aromatic rings. The van der Waals surface area contributed by atoms with Crippen molar-refractivity contribution < 1.29 is 52.9 Å². The predicted octanol–water partition coefficient (Wildman–Crippen LogP) is 11.8. The SMILES string of the molecule is CCCCC[C@H](O)/C=C/[C@H]1C(=O)C[C@H](O)[C@@H]1CCCCCCC(=O)OC[C@H](COP(=O)(O)O)OC(=O)CCCCCCCCCCCCCCCCCCCCC(C)CC. The Morgan fingerprint density at radius 3 is 1.70 bits per heavy atom. The number of hydrogen-bond donors (Lipinski definition) is 4. The van der Waals surface area contributed by atoms with Crippen molar-refractivity contribution in [2.45, 2.75) is 245 Å². The van der Waals surface area contributed by atoms with Gasteiger partial charge in [0.15, 0.2) is 6.10 Å². The van der Waals surface area contributed by atoms with E-state index in [0.717, 1.165) is 63.7 Å². The fourth-order valence-electron chi connectivity index (χ4n) is 8.14. The second kappa shape index (κ2) is 36.8. The molecular weight excluding hydrogens is 783 g/mol. The van der Waals surface area contributed by atoms with Crippen molar-refractivity contribution in [2.24, 2.45) is 17.8 Å². The summed E-state index contributed by atoms with van der Waals surface area (Å²) in [5.74, 6) is -0.707. The number of hydrogen-bond acceptors (Lipinski definition) is 9. The van der Waals surface area contributed by atoms with Gasteiger partial charge in [-0.2, -0.15) is 0 Å². The quantitative estimate of drug-likeness (QED) is 0.0199. The Morgan fingerprint density at radius 1 is 0.700 bits per heavy atom. The summed E-state index contributed by atoms with van der Waals surface area (Å²) in [6.07, 6.45) is 34.1. The second-order valence-corrected chi connectivity index (χ2v) is 19.1. The number of allylic oxidation sites excluding steroid dienone is 1. The van der Waals surface area contributed by atoms with Gasteiger partial charge in [0, 0.05) is 25.2 Å². The predicted molar refractivity (Wildman–Crippen MR) is 240 cm³/mol. The Morgan fingerprint density at radius 2 is 1.18 bits per heavy atom. The Balaban J connectivity index is 2.15. The molecule has 0 aromatic carbocycles. The number of phosphoric ester groups is 1. The van der Waals surface area contributed by atoms with Gasteiger partial charge in [-0.25, -0.2) is 4.57 Å². The molecular formula is C48H89O11P. The van der Waals surface area contributed by atoms with E-state index >= 15 is 0 Å². The molecule has 0 saturated heterocycles. The molecule has 352 valence electrons. The maximum atomic E-state index is 12.5. The van der Waals surface area contributed by atoms with Crippen LogP contribution in [0.25, 0.3) is 0 Å². The van der Waals surface area contributed by atoms with Crippen molar-refractivity contribution in [3.63, 3.8) is 0 Å². The Hall–Kier alpha value is -1.62. The third-order valence-corrected chi connectivity index (χ3v) is 12.7. The zero-order chi connectivity index (χ0) is 44.3. The molecule has 0 aliphatic heterocycles. The van der Waals surface area contributed by atoms with Crippen LogP contribution in [0.3, 0.4) is 0 Å². The molecule has 1 aliphatic rings. The largest absolute Gasteiger partial charge is 0.469 e. The summed E-state index contributed by atoms with van der Waals surface area (Å²) in [4.78, 5) is 55.7. The molecule has 4 N–H and O–H groups in total. The smallest absolute Gasteiger partial charge is 0.462 e. The van der Waals surface area contributed by atoms with Crippen LogP contribution in [0.2, 0.25) is 0 Å². The highest BCUT2D eigenvalue weighted by molar-refractivity contribution is 7.46. The number of esters is 2. The lowest BCUT2D eigenvalue weighted by atomic mass is 9.88. The Kier molecular flexibility index (Phi) is 34.6. The molecule has 1 unspecified atom stereocenters. The van der Waals surface area contributed by atoms with E-state index in [9.17, 15) is 29.2 Å². The Labute approximate surface area is 365 Å². The molecule has 0 spiro atoms. The minimum atomic E-state index is -4.81. The number of aliphatic hydroxyl groups is 2. The van der Waals surface area contributed by atoms with Gasteiger partial charge in [0.05, 0.1) is 18.8 Å². The maximum Gasteiger partial charge on any atom is 0.469 e. The number of ketones is 1. The van der Waals surface area contributed by atoms with Gasteiger partial charge in [0.25, 0.3) is 0 Å². The number of rotatable bonds is 41. The summed E-state index contributed by atoms with van der Waals surface area (Å²) < 4.78 is 26.5. The van der Waals surface area contributed by atoms with E-state index in [4.69, 9.17) is 19.3 Å². The van der Waals surface area contributed by atoms with Crippen LogP contribution in [0.5, 0.6) is 0 Å². The first-order chi connectivity index (χ1) is 28.9. The highest BCUT2D eigenvalue weighted by Crippen LogP contribution is 2.36. The summed E-state index contributed by atoms with van der Waals surface area (Å²) in [5, 5.41) is 20.7. The van der Waals surface area contributed by atoms with Crippen LogP contribution < -0.4 is 0 Å². The molecule has 0 heterocycles.